The van der Waals surface area contributed by atoms with Gasteiger partial charge in [-0.3, -0.25) is 29.8 Å². The molecule has 0 atom stereocenters. The molecule has 6 aromatic rings. The first kappa shape index (κ1) is 34.9. The number of carbonyl (C=O) groups excluding carboxylic acids is 4. The van der Waals surface area contributed by atoms with E-state index < -0.39 is 23.6 Å². The Bertz CT molecular complexity index is 2280. The lowest BCUT2D eigenvalue weighted by Gasteiger charge is -2.10. The van der Waals surface area contributed by atoms with Crippen LogP contribution in [0.1, 0.15) is 78.8 Å². The molecule has 268 valence electrons. The van der Waals surface area contributed by atoms with Crippen LogP contribution in [0.4, 0.5) is 11.9 Å². The van der Waals surface area contributed by atoms with E-state index in [1.165, 1.54) is 33.4 Å². The number of amides is 4. The van der Waals surface area contributed by atoms with Crippen LogP contribution in [0.25, 0.3) is 22.1 Å². The van der Waals surface area contributed by atoms with Crippen LogP contribution in [0.5, 0.6) is 11.5 Å². The topological polar surface area (TPSA) is 273 Å². The number of benzene rings is 2. The summed E-state index contributed by atoms with van der Waals surface area (Å²) < 4.78 is 14.1. The molecular formula is C34H34N10O8. The largest absolute Gasteiger partial charge is 0.506 e. The molecule has 18 heteroatoms. The zero-order valence-electron chi connectivity index (χ0n) is 28.5. The van der Waals surface area contributed by atoms with E-state index in [0.717, 1.165) is 0 Å². The number of aromatic nitrogens is 6. The number of aromatic hydroxyl groups is 2. The Hall–Kier alpha value is -6.98. The number of oxazole rings is 2. The minimum atomic E-state index is -0.784. The molecule has 18 nitrogen and oxygen atoms in total. The molecule has 2 aromatic carbocycles. The highest BCUT2D eigenvalue weighted by Gasteiger charge is 2.24. The number of primary amides is 2. The van der Waals surface area contributed by atoms with Crippen molar-refractivity contribution in [2.24, 2.45) is 11.5 Å². The van der Waals surface area contributed by atoms with Crippen LogP contribution >= 0.6 is 0 Å². The monoisotopic (exact) mass is 710 g/mol. The van der Waals surface area contributed by atoms with Crippen LogP contribution in [0, 0.1) is 13.8 Å². The van der Waals surface area contributed by atoms with Crippen LogP contribution in [-0.4, -0.2) is 62.9 Å². The number of carbonyl (C=O) groups is 4. The molecule has 0 radical (unpaired) electrons. The van der Waals surface area contributed by atoms with E-state index >= 15 is 0 Å². The third kappa shape index (κ3) is 6.51. The zero-order chi connectivity index (χ0) is 37.4. The fraction of sp³-hybridized carbons (Fsp3) is 0.235. The number of phenolic OH excluding ortho intramolecular Hbond substituents is 2. The lowest BCUT2D eigenvalue weighted by molar-refractivity contribution is 0.0985. The number of nitrogens with two attached hydrogens (primary N) is 2. The first-order chi connectivity index (χ1) is 24.8. The van der Waals surface area contributed by atoms with Gasteiger partial charge in [0.25, 0.3) is 11.8 Å². The molecule has 4 aromatic heterocycles. The molecule has 0 aliphatic heterocycles. The maximum Gasteiger partial charge on any atom is 0.295 e. The molecule has 0 bridgehead atoms. The van der Waals surface area contributed by atoms with Crippen molar-refractivity contribution in [3.63, 3.8) is 0 Å². The van der Waals surface area contributed by atoms with Crippen LogP contribution < -0.4 is 22.1 Å². The quantitative estimate of drug-likeness (QED) is 0.0997. The predicted octanol–water partition coefficient (Wildman–Crippen LogP) is 3.47. The van der Waals surface area contributed by atoms with Gasteiger partial charge in [0.15, 0.2) is 11.8 Å². The number of allylic oxidation sites excluding steroid dienone is 2. The molecule has 6 rings (SSSR count). The fourth-order valence-electron chi connectivity index (χ4n) is 5.77. The van der Waals surface area contributed by atoms with Crippen molar-refractivity contribution in [1.29, 1.82) is 0 Å². The van der Waals surface area contributed by atoms with E-state index in [1.807, 2.05) is 13.8 Å². The second kappa shape index (κ2) is 13.7. The number of rotatable bonds is 12. The van der Waals surface area contributed by atoms with Gasteiger partial charge in [-0.15, -0.1) is 0 Å². The summed E-state index contributed by atoms with van der Waals surface area (Å²) in [7, 11) is 0. The summed E-state index contributed by atoms with van der Waals surface area (Å²) in [6, 6.07) is 5.17. The Morgan fingerprint density at radius 3 is 1.42 bits per heavy atom. The Morgan fingerprint density at radius 1 is 0.692 bits per heavy atom. The Morgan fingerprint density at radius 2 is 1.08 bits per heavy atom. The van der Waals surface area contributed by atoms with Crippen LogP contribution in [0.3, 0.4) is 0 Å². The van der Waals surface area contributed by atoms with Gasteiger partial charge < -0.3 is 39.6 Å². The van der Waals surface area contributed by atoms with Gasteiger partial charge in [-0.1, -0.05) is 26.0 Å². The van der Waals surface area contributed by atoms with Crippen molar-refractivity contribution in [3.8, 4) is 11.5 Å². The van der Waals surface area contributed by atoms with Crippen LogP contribution in [0.2, 0.25) is 0 Å². The Labute approximate surface area is 294 Å². The first-order valence-corrected chi connectivity index (χ1v) is 16.1. The highest BCUT2D eigenvalue weighted by Crippen LogP contribution is 2.32. The summed E-state index contributed by atoms with van der Waals surface area (Å²) in [5.74, 6) is -2.79. The molecule has 4 amide bonds. The van der Waals surface area contributed by atoms with Crippen LogP contribution in [-0.2, 0) is 25.9 Å². The third-order valence-electron chi connectivity index (χ3n) is 8.10. The van der Waals surface area contributed by atoms with E-state index in [-0.39, 0.29) is 81.2 Å². The minimum Gasteiger partial charge on any atom is -0.506 e. The van der Waals surface area contributed by atoms with E-state index in [0.29, 0.717) is 36.0 Å². The van der Waals surface area contributed by atoms with E-state index in [2.05, 4.69) is 30.6 Å². The van der Waals surface area contributed by atoms with Crippen molar-refractivity contribution >= 4 is 57.6 Å². The first-order valence-electron chi connectivity index (χ1n) is 16.1. The minimum absolute atomic E-state index is 0.00334. The molecule has 0 fully saturated rings. The second-order valence-electron chi connectivity index (χ2n) is 11.7. The Balaban J connectivity index is 1.36. The van der Waals surface area contributed by atoms with E-state index in [9.17, 15) is 29.4 Å². The summed E-state index contributed by atoms with van der Waals surface area (Å²) in [6.45, 7) is 6.93. The lowest BCUT2D eigenvalue weighted by atomic mass is 10.1. The van der Waals surface area contributed by atoms with Gasteiger partial charge in [-0.2, -0.15) is 0 Å². The highest BCUT2D eigenvalue weighted by atomic mass is 16.4. The molecule has 0 saturated carbocycles. The smallest absolute Gasteiger partial charge is 0.295 e. The normalized spacial score (nSPS) is 11.5. The van der Waals surface area contributed by atoms with Gasteiger partial charge >= 0.3 is 0 Å². The van der Waals surface area contributed by atoms with E-state index in [4.69, 9.17) is 20.3 Å². The van der Waals surface area contributed by atoms with Gasteiger partial charge in [0, 0.05) is 38.1 Å². The number of anilines is 2. The maximum atomic E-state index is 13.3. The molecule has 0 aliphatic carbocycles. The standard InChI is InChI=1S/C34H34N10O8/c1-5-19-27(51-15(3)37-19)31(49)41-33-39-21-11-17(29(35)47)13-23(45)25(21)43(33)9-7-8-10-44-26-22(12-18(30(36)48)14-24(26)46)40-34(44)42-32(50)28-20(6-2)38-16(4)52-28/h7-8,11-14,45-46H,5-6,9-10H2,1-4H3,(H2,35,47)(H2,36,48)(H,39,41,49)(H,40,42,50)/b8-7+. The Kier molecular flexibility index (Phi) is 9.21. The molecule has 0 saturated heterocycles. The average Bonchev–Trinajstić information content (AvgIpc) is 3.85. The van der Waals surface area contributed by atoms with Crippen LogP contribution in [0.15, 0.2) is 45.3 Å². The van der Waals surface area contributed by atoms with Gasteiger partial charge in [0.05, 0.1) is 22.4 Å². The summed E-state index contributed by atoms with van der Waals surface area (Å²) in [5.41, 5.74) is 12.6. The number of phenols is 2. The predicted molar refractivity (Wildman–Crippen MR) is 186 cm³/mol. The molecule has 4 heterocycles. The summed E-state index contributed by atoms with van der Waals surface area (Å²) in [5, 5.41) is 27.3. The summed E-state index contributed by atoms with van der Waals surface area (Å²) >= 11 is 0. The van der Waals surface area contributed by atoms with Crippen molar-refractivity contribution in [1.82, 2.24) is 29.1 Å². The van der Waals surface area contributed by atoms with Gasteiger partial charge in [0.2, 0.25) is 35.2 Å². The summed E-state index contributed by atoms with van der Waals surface area (Å²) in [6.07, 6.45) is 4.22. The number of nitrogens with one attached hydrogen (secondary N) is 2. The molecule has 0 unspecified atom stereocenters. The second-order valence-corrected chi connectivity index (χ2v) is 11.7. The third-order valence-corrected chi connectivity index (χ3v) is 8.10. The van der Waals surface area contributed by atoms with Gasteiger partial charge in [0.1, 0.15) is 22.5 Å². The average molecular weight is 711 g/mol. The number of nitrogens with zero attached hydrogens (tertiary/aromatic N) is 6. The van der Waals surface area contributed by atoms with Gasteiger partial charge in [-0.25, -0.2) is 19.9 Å². The van der Waals surface area contributed by atoms with Crippen molar-refractivity contribution in [2.45, 2.75) is 53.6 Å². The van der Waals surface area contributed by atoms with Crippen molar-refractivity contribution in [2.75, 3.05) is 10.6 Å². The zero-order valence-corrected chi connectivity index (χ0v) is 28.5. The summed E-state index contributed by atoms with van der Waals surface area (Å²) in [4.78, 5) is 67.9. The molecule has 0 aliphatic rings. The number of aryl methyl sites for hydroxylation is 4. The fourth-order valence-corrected chi connectivity index (χ4v) is 5.77. The molecule has 8 N–H and O–H groups in total. The number of hydrogen-bond acceptors (Lipinski definition) is 12. The number of fused-ring (bicyclic) bond motifs is 2. The number of imidazole rings is 2. The van der Waals surface area contributed by atoms with E-state index in [1.54, 1.807) is 26.0 Å². The van der Waals surface area contributed by atoms with Gasteiger partial charge in [-0.05, 0) is 37.1 Å². The molecule has 52 heavy (non-hydrogen) atoms. The molecular weight excluding hydrogens is 676 g/mol. The van der Waals surface area contributed by atoms with Crippen molar-refractivity contribution < 1.29 is 38.2 Å². The highest BCUT2D eigenvalue weighted by molar-refractivity contribution is 6.05. The maximum absolute atomic E-state index is 13.3. The SMILES string of the molecule is CCc1nc(C)oc1C(=O)Nc1nc2cc(C(N)=O)cc(O)c2n1C/C=C/Cn1c(NC(=O)c2oc(C)nc2CC)nc2cc(C(N)=O)cc(O)c21. The van der Waals surface area contributed by atoms with Crippen molar-refractivity contribution in [3.05, 3.63) is 82.2 Å². The lowest BCUT2D eigenvalue weighted by Crippen LogP contribution is -2.17. The number of hydrogen-bond donors (Lipinski definition) is 6. The molecule has 0 spiro atoms.